The molecule has 0 aromatic heterocycles. The summed E-state index contributed by atoms with van der Waals surface area (Å²) in [5.41, 5.74) is 8.89. The number of rotatable bonds is 9. The van der Waals surface area contributed by atoms with E-state index in [4.69, 9.17) is 10.5 Å². The second-order valence-electron chi connectivity index (χ2n) is 11.1. The monoisotopic (exact) mass is 675 g/mol. The Morgan fingerprint density at radius 2 is 1.80 bits per heavy atom. The third-order valence-corrected chi connectivity index (χ3v) is 9.28. The number of ketones is 1. The summed E-state index contributed by atoms with van der Waals surface area (Å²) in [6.45, 7) is 3.27. The molecule has 214 valence electrons. The van der Waals surface area contributed by atoms with E-state index in [0.717, 1.165) is 30.0 Å². The predicted molar refractivity (Wildman–Crippen MR) is 161 cm³/mol. The van der Waals surface area contributed by atoms with Crippen molar-refractivity contribution < 1.29 is 19.1 Å². The number of likely N-dealkylation sites (tertiary alicyclic amines) is 1. The van der Waals surface area contributed by atoms with Crippen LogP contribution >= 0.6 is 31.9 Å². The molecule has 2 aromatic carbocycles. The lowest BCUT2D eigenvalue weighted by molar-refractivity contribution is -0.134. The molecule has 1 saturated carbocycles. The number of benzene rings is 2. The van der Waals surface area contributed by atoms with E-state index in [1.165, 1.54) is 0 Å². The number of piperidine rings is 1. The van der Waals surface area contributed by atoms with E-state index in [-0.39, 0.29) is 35.6 Å². The Morgan fingerprint density at radius 3 is 2.48 bits per heavy atom. The lowest BCUT2D eigenvalue weighted by atomic mass is 10.00. The Kier molecular flexibility index (Phi) is 8.72. The maximum atomic E-state index is 13.2. The molecule has 11 heteroatoms. The Balaban J connectivity index is 1.14. The number of ether oxygens (including phenoxy) is 1. The number of anilines is 2. The molecule has 3 aliphatic rings. The van der Waals surface area contributed by atoms with Crippen molar-refractivity contribution >= 4 is 61.0 Å². The van der Waals surface area contributed by atoms with E-state index in [0.29, 0.717) is 65.7 Å². The molecule has 9 nitrogen and oxygen atoms in total. The van der Waals surface area contributed by atoms with Crippen molar-refractivity contribution in [2.45, 2.75) is 38.3 Å². The molecule has 0 spiro atoms. The van der Waals surface area contributed by atoms with Crippen LogP contribution in [0, 0.1) is 11.8 Å². The minimum atomic E-state index is -0.295. The van der Waals surface area contributed by atoms with Gasteiger partial charge in [-0.25, -0.2) is 4.79 Å². The average molecular weight is 677 g/mol. The van der Waals surface area contributed by atoms with E-state index < -0.39 is 0 Å². The van der Waals surface area contributed by atoms with Crippen LogP contribution in [0.4, 0.5) is 16.2 Å². The highest BCUT2D eigenvalue weighted by atomic mass is 79.9. The lowest BCUT2D eigenvalue weighted by Crippen LogP contribution is -2.51. The highest BCUT2D eigenvalue weighted by Gasteiger charge is 2.50. The van der Waals surface area contributed by atoms with Crippen LogP contribution in [-0.2, 0) is 11.3 Å². The number of fused-ring (bicyclic) bond motifs is 1. The van der Waals surface area contributed by atoms with E-state index in [2.05, 4.69) is 42.1 Å². The number of carbonyl (C=O) groups excluding carboxylic acids is 3. The first-order valence-electron chi connectivity index (χ1n) is 13.7. The zero-order valence-electron chi connectivity index (χ0n) is 22.8. The molecule has 5 rings (SSSR count). The van der Waals surface area contributed by atoms with Crippen LogP contribution in [0.1, 0.15) is 41.6 Å². The molecule has 2 atom stereocenters. The first-order chi connectivity index (χ1) is 19.1. The van der Waals surface area contributed by atoms with E-state index in [9.17, 15) is 14.4 Å². The summed E-state index contributed by atoms with van der Waals surface area (Å²) in [4.78, 5) is 45.0. The van der Waals surface area contributed by atoms with Gasteiger partial charge in [-0.05, 0) is 108 Å². The van der Waals surface area contributed by atoms with Crippen molar-refractivity contribution in [1.82, 2.24) is 14.7 Å². The molecule has 2 heterocycles. The molecule has 2 aromatic rings. The van der Waals surface area contributed by atoms with Crippen LogP contribution < -0.4 is 15.8 Å². The zero-order chi connectivity index (χ0) is 28.6. The summed E-state index contributed by atoms with van der Waals surface area (Å²) >= 11 is 6.78. The van der Waals surface area contributed by atoms with Gasteiger partial charge in [-0.3, -0.25) is 9.59 Å². The Labute approximate surface area is 251 Å². The van der Waals surface area contributed by atoms with Crippen LogP contribution in [0.25, 0.3) is 0 Å². The molecule has 2 fully saturated rings. The maximum Gasteiger partial charge on any atom is 0.322 e. The lowest BCUT2D eigenvalue weighted by Gasteiger charge is -2.40. The van der Waals surface area contributed by atoms with Crippen LogP contribution in [0.2, 0.25) is 0 Å². The fraction of sp³-hybridized carbons (Fsp3) is 0.483. The number of nitrogens with zero attached hydrogens (tertiary/aromatic N) is 3. The number of hydrogen-bond donors (Lipinski definition) is 2. The number of carbonyl (C=O) groups is 3. The number of nitrogen functional groups attached to an aromatic ring is 1. The van der Waals surface area contributed by atoms with Crippen molar-refractivity contribution in [3.05, 3.63) is 50.4 Å². The molecule has 3 N–H and O–H groups in total. The molecular formula is C29H35Br2N5O4. The third-order valence-electron chi connectivity index (χ3n) is 7.96. The maximum absolute atomic E-state index is 13.2. The quantitative estimate of drug-likeness (QED) is 0.220. The summed E-state index contributed by atoms with van der Waals surface area (Å²) < 4.78 is 7.25. The molecule has 3 amide bonds. The Hall–Kier alpha value is -2.63. The first-order valence-corrected chi connectivity index (χ1v) is 15.3. The molecule has 0 bridgehead atoms. The van der Waals surface area contributed by atoms with Gasteiger partial charge in [-0.1, -0.05) is 0 Å². The summed E-state index contributed by atoms with van der Waals surface area (Å²) in [6.07, 6.45) is 2.93. The smallest absolute Gasteiger partial charge is 0.322 e. The summed E-state index contributed by atoms with van der Waals surface area (Å²) in [6, 6.07) is 9.19. The van der Waals surface area contributed by atoms with Crippen molar-refractivity contribution in [2.24, 2.45) is 11.8 Å². The number of Topliss-reactive ketones (excluding diaryl/α,β-unsaturated/α-hetero) is 1. The second kappa shape index (κ2) is 12.1. The molecule has 0 unspecified atom stereocenters. The number of urea groups is 1. The Bertz CT molecular complexity index is 1290. The first kappa shape index (κ1) is 28.9. The highest BCUT2D eigenvalue weighted by Crippen LogP contribution is 2.44. The second-order valence-corrected chi connectivity index (χ2v) is 12.8. The molecular weight excluding hydrogens is 642 g/mol. The van der Waals surface area contributed by atoms with Gasteiger partial charge in [0.15, 0.2) is 5.78 Å². The van der Waals surface area contributed by atoms with Gasteiger partial charge < -0.3 is 30.5 Å². The highest BCUT2D eigenvalue weighted by molar-refractivity contribution is 9.11. The third kappa shape index (κ3) is 6.31. The molecule has 1 saturated heterocycles. The number of amides is 3. The van der Waals surface area contributed by atoms with Crippen molar-refractivity contribution in [2.75, 3.05) is 51.4 Å². The largest absolute Gasteiger partial charge is 0.494 e. The van der Waals surface area contributed by atoms with Crippen LogP contribution in [0.3, 0.4) is 0 Å². The van der Waals surface area contributed by atoms with Crippen LogP contribution in [0.15, 0.2) is 39.3 Å². The summed E-state index contributed by atoms with van der Waals surface area (Å²) in [5, 5.41) is 3.02. The van der Waals surface area contributed by atoms with Gasteiger partial charge in [0.2, 0.25) is 5.91 Å². The summed E-state index contributed by atoms with van der Waals surface area (Å²) in [7, 11) is 4.09. The standard InChI is InChI=1S/C29H35Br2N5O4/c1-34(2)8-3-11-40-20-4-5-25-18(12-20)16-36(29(39)33-25)19-6-9-35(10-7-19)28(38)22-15-21(22)27(37)17-13-23(30)26(32)24(31)14-17/h4-5,12-14,19,21-22H,3,6-11,15-16,32H2,1-2H3,(H,33,39)/t21-,22-/m0/s1. The van der Waals surface area contributed by atoms with Gasteiger partial charge >= 0.3 is 6.03 Å². The van der Waals surface area contributed by atoms with Gasteiger partial charge in [0.25, 0.3) is 0 Å². The zero-order valence-corrected chi connectivity index (χ0v) is 26.0. The van der Waals surface area contributed by atoms with E-state index in [1.807, 2.05) is 42.1 Å². The van der Waals surface area contributed by atoms with Gasteiger partial charge in [0, 0.05) is 64.3 Å². The van der Waals surface area contributed by atoms with Gasteiger partial charge in [-0.15, -0.1) is 0 Å². The van der Waals surface area contributed by atoms with Crippen molar-refractivity contribution in [3.63, 3.8) is 0 Å². The molecule has 0 radical (unpaired) electrons. The minimum absolute atomic E-state index is 0.0284. The van der Waals surface area contributed by atoms with Crippen molar-refractivity contribution in [3.8, 4) is 5.75 Å². The number of halogens is 2. The van der Waals surface area contributed by atoms with Gasteiger partial charge in [0.05, 0.1) is 12.3 Å². The number of hydrogen-bond acceptors (Lipinski definition) is 6. The SMILES string of the molecule is CN(C)CCCOc1ccc2c(c1)CN(C1CCN(C(=O)[C@H]3C[C@@H]3C(=O)c3cc(Br)c(N)c(Br)c3)CC1)C(=O)N2. The minimum Gasteiger partial charge on any atom is -0.494 e. The molecule has 2 aliphatic heterocycles. The average Bonchev–Trinajstić information content (AvgIpc) is 3.74. The van der Waals surface area contributed by atoms with Gasteiger partial charge in [-0.2, -0.15) is 0 Å². The molecule has 1 aliphatic carbocycles. The summed E-state index contributed by atoms with van der Waals surface area (Å²) in [5.74, 6) is 0.243. The fourth-order valence-corrected chi connectivity index (χ4v) is 6.74. The van der Waals surface area contributed by atoms with Gasteiger partial charge in [0.1, 0.15) is 5.75 Å². The number of nitrogens with one attached hydrogen (secondary N) is 1. The van der Waals surface area contributed by atoms with E-state index in [1.54, 1.807) is 12.1 Å². The topological polar surface area (TPSA) is 108 Å². The van der Waals surface area contributed by atoms with E-state index >= 15 is 0 Å². The van der Waals surface area contributed by atoms with Crippen LogP contribution in [0.5, 0.6) is 5.75 Å². The number of nitrogens with two attached hydrogens (primary N) is 1. The normalized spacial score (nSPS) is 20.8. The Morgan fingerprint density at radius 1 is 1.10 bits per heavy atom. The van der Waals surface area contributed by atoms with Crippen molar-refractivity contribution in [1.29, 1.82) is 0 Å². The van der Waals surface area contributed by atoms with Crippen LogP contribution in [-0.4, -0.2) is 78.8 Å². The fourth-order valence-electron chi connectivity index (χ4n) is 5.55. The molecule has 40 heavy (non-hydrogen) atoms. The predicted octanol–water partition coefficient (Wildman–Crippen LogP) is 4.98.